The summed E-state index contributed by atoms with van der Waals surface area (Å²) >= 11 is 0. The second-order valence-electron chi connectivity index (χ2n) is 4.68. The van der Waals surface area contributed by atoms with Crippen LogP contribution in [0, 0.1) is 11.3 Å². The summed E-state index contributed by atoms with van der Waals surface area (Å²) in [6.45, 7) is -0.0308. The van der Waals surface area contributed by atoms with Gasteiger partial charge < -0.3 is 5.11 Å². The van der Waals surface area contributed by atoms with Gasteiger partial charge in [-0.25, -0.2) is 0 Å². The second kappa shape index (κ2) is 7.44. The van der Waals surface area contributed by atoms with Gasteiger partial charge in [-0.15, -0.1) is 0 Å². The maximum absolute atomic E-state index is 9.52. The van der Waals surface area contributed by atoms with Crippen molar-refractivity contribution >= 4 is 0 Å². The highest BCUT2D eigenvalue weighted by Crippen LogP contribution is 2.13. The summed E-state index contributed by atoms with van der Waals surface area (Å²) < 4.78 is 0. The maximum Gasteiger partial charge on any atom is 0.0999 e. The minimum Gasteiger partial charge on any atom is -0.394 e. The normalized spacial score (nSPS) is 13.4. The molecule has 0 unspecified atom stereocenters. The molecule has 2 N–H and O–H groups in total. The Balaban J connectivity index is 2.04. The molecule has 0 bridgehead atoms. The van der Waals surface area contributed by atoms with E-state index in [2.05, 4.69) is 11.4 Å². The lowest BCUT2D eigenvalue weighted by molar-refractivity contribution is 0.239. The summed E-state index contributed by atoms with van der Waals surface area (Å²) in [5.41, 5.74) is 2.10. The molecule has 0 radical (unpaired) electrons. The number of benzene rings is 2. The third-order valence-corrected chi connectivity index (χ3v) is 3.23. The Morgan fingerprint density at radius 1 is 1.00 bits per heavy atom. The minimum atomic E-state index is -0.324. The quantitative estimate of drug-likeness (QED) is 0.844. The van der Waals surface area contributed by atoms with E-state index in [1.165, 1.54) is 0 Å². The van der Waals surface area contributed by atoms with E-state index in [4.69, 9.17) is 0 Å². The van der Waals surface area contributed by atoms with Crippen molar-refractivity contribution in [3.63, 3.8) is 0 Å². The molecule has 0 fully saturated rings. The smallest absolute Gasteiger partial charge is 0.0999 e. The maximum atomic E-state index is 9.52. The standard InChI is InChI=1S/C17H18N2O/c18-12-16(11-14-7-3-1-4-8-14)19-17(13-20)15-9-5-2-6-10-15/h1-10,16-17,19-20H,11,13H2/t16-,17-/m0/s1. The van der Waals surface area contributed by atoms with E-state index in [1.54, 1.807) is 0 Å². The third-order valence-electron chi connectivity index (χ3n) is 3.23. The number of nitrogens with zero attached hydrogens (tertiary/aromatic N) is 1. The average molecular weight is 266 g/mol. The van der Waals surface area contributed by atoms with Gasteiger partial charge in [0.2, 0.25) is 0 Å². The number of nitriles is 1. The molecule has 0 aliphatic rings. The zero-order chi connectivity index (χ0) is 14.2. The van der Waals surface area contributed by atoms with Crippen molar-refractivity contribution in [2.24, 2.45) is 0 Å². The fraction of sp³-hybridized carbons (Fsp3) is 0.235. The summed E-state index contributed by atoms with van der Waals surface area (Å²) in [5.74, 6) is 0. The molecule has 20 heavy (non-hydrogen) atoms. The Labute approximate surface area is 119 Å². The molecular formula is C17H18N2O. The molecule has 3 heteroatoms. The van der Waals surface area contributed by atoms with Crippen LogP contribution >= 0.6 is 0 Å². The molecule has 2 atom stereocenters. The van der Waals surface area contributed by atoms with E-state index in [0.717, 1.165) is 11.1 Å². The fourth-order valence-electron chi connectivity index (χ4n) is 2.17. The van der Waals surface area contributed by atoms with Gasteiger partial charge in [0.1, 0.15) is 0 Å². The summed E-state index contributed by atoms with van der Waals surface area (Å²) in [6, 6.07) is 21.3. The molecule has 2 aromatic rings. The Morgan fingerprint density at radius 2 is 1.60 bits per heavy atom. The number of rotatable bonds is 6. The van der Waals surface area contributed by atoms with Gasteiger partial charge in [-0.3, -0.25) is 5.32 Å². The number of aliphatic hydroxyl groups excluding tert-OH is 1. The van der Waals surface area contributed by atoms with Gasteiger partial charge in [-0.2, -0.15) is 5.26 Å². The van der Waals surface area contributed by atoms with Crippen LogP contribution in [-0.4, -0.2) is 17.8 Å². The van der Waals surface area contributed by atoms with E-state index in [9.17, 15) is 10.4 Å². The van der Waals surface area contributed by atoms with Crippen LogP contribution in [0.5, 0.6) is 0 Å². The van der Waals surface area contributed by atoms with E-state index >= 15 is 0 Å². The Bertz CT molecular complexity index is 548. The molecule has 0 aliphatic carbocycles. The molecule has 0 saturated heterocycles. The fourth-order valence-corrected chi connectivity index (χ4v) is 2.17. The lowest BCUT2D eigenvalue weighted by Crippen LogP contribution is -2.35. The number of aliphatic hydroxyl groups is 1. The number of nitrogens with one attached hydrogen (secondary N) is 1. The third kappa shape index (κ3) is 3.92. The van der Waals surface area contributed by atoms with Gasteiger partial charge in [-0.05, 0) is 11.1 Å². The molecule has 0 heterocycles. The predicted molar refractivity (Wildman–Crippen MR) is 79.0 cm³/mol. The molecule has 2 aromatic carbocycles. The average Bonchev–Trinajstić information content (AvgIpc) is 2.53. The van der Waals surface area contributed by atoms with Crippen LogP contribution in [0.4, 0.5) is 0 Å². The first-order valence-corrected chi connectivity index (χ1v) is 6.69. The lowest BCUT2D eigenvalue weighted by atomic mass is 10.0. The second-order valence-corrected chi connectivity index (χ2v) is 4.68. The van der Waals surface area contributed by atoms with Crippen molar-refractivity contribution in [2.45, 2.75) is 18.5 Å². The van der Waals surface area contributed by atoms with Gasteiger partial charge in [0.25, 0.3) is 0 Å². The number of hydrogen-bond donors (Lipinski definition) is 2. The molecule has 3 nitrogen and oxygen atoms in total. The first-order valence-electron chi connectivity index (χ1n) is 6.69. The zero-order valence-corrected chi connectivity index (χ0v) is 11.2. The van der Waals surface area contributed by atoms with E-state index in [-0.39, 0.29) is 18.7 Å². The van der Waals surface area contributed by atoms with E-state index in [1.807, 2.05) is 60.7 Å². The van der Waals surface area contributed by atoms with Crippen LogP contribution in [-0.2, 0) is 6.42 Å². The summed E-state index contributed by atoms with van der Waals surface area (Å²) in [6.07, 6.45) is 0.626. The Kier molecular flexibility index (Phi) is 5.31. The highest BCUT2D eigenvalue weighted by molar-refractivity contribution is 5.21. The van der Waals surface area contributed by atoms with Gasteiger partial charge in [0.05, 0.1) is 24.8 Å². The molecular weight excluding hydrogens is 248 g/mol. The molecule has 0 aromatic heterocycles. The summed E-state index contributed by atoms with van der Waals surface area (Å²) in [5, 5.41) is 22.0. The zero-order valence-electron chi connectivity index (χ0n) is 11.2. The van der Waals surface area contributed by atoms with Gasteiger partial charge in [-0.1, -0.05) is 60.7 Å². The predicted octanol–water partition coefficient (Wildman–Crippen LogP) is 2.44. The molecule has 102 valence electrons. The molecule has 0 spiro atoms. The Hall–Kier alpha value is -2.15. The number of hydrogen-bond acceptors (Lipinski definition) is 3. The van der Waals surface area contributed by atoms with Crippen molar-refractivity contribution in [1.29, 1.82) is 5.26 Å². The van der Waals surface area contributed by atoms with E-state index in [0.29, 0.717) is 6.42 Å². The van der Waals surface area contributed by atoms with Crippen molar-refractivity contribution in [2.75, 3.05) is 6.61 Å². The van der Waals surface area contributed by atoms with Gasteiger partial charge in [0, 0.05) is 6.42 Å². The topological polar surface area (TPSA) is 56.0 Å². The van der Waals surface area contributed by atoms with Crippen molar-refractivity contribution in [3.05, 3.63) is 71.8 Å². The summed E-state index contributed by atoms with van der Waals surface area (Å²) in [7, 11) is 0. The van der Waals surface area contributed by atoms with Crippen LogP contribution in [0.3, 0.4) is 0 Å². The first-order chi connectivity index (χ1) is 9.83. The summed E-state index contributed by atoms with van der Waals surface area (Å²) in [4.78, 5) is 0. The van der Waals surface area contributed by atoms with Gasteiger partial charge >= 0.3 is 0 Å². The Morgan fingerprint density at radius 3 is 2.15 bits per heavy atom. The van der Waals surface area contributed by atoms with E-state index < -0.39 is 0 Å². The van der Waals surface area contributed by atoms with Crippen molar-refractivity contribution in [1.82, 2.24) is 5.32 Å². The first kappa shape index (κ1) is 14.3. The largest absolute Gasteiger partial charge is 0.394 e. The van der Waals surface area contributed by atoms with Crippen molar-refractivity contribution in [3.8, 4) is 6.07 Å². The van der Waals surface area contributed by atoms with Crippen LogP contribution in [0.25, 0.3) is 0 Å². The van der Waals surface area contributed by atoms with Crippen molar-refractivity contribution < 1.29 is 5.11 Å². The minimum absolute atomic E-state index is 0.0308. The monoisotopic (exact) mass is 266 g/mol. The highest BCUT2D eigenvalue weighted by atomic mass is 16.3. The molecule has 0 aliphatic heterocycles. The van der Waals surface area contributed by atoms with Crippen LogP contribution in [0.2, 0.25) is 0 Å². The van der Waals surface area contributed by atoms with Crippen LogP contribution in [0.1, 0.15) is 17.2 Å². The molecule has 0 amide bonds. The van der Waals surface area contributed by atoms with Crippen LogP contribution in [0.15, 0.2) is 60.7 Å². The molecule has 2 rings (SSSR count). The lowest BCUT2D eigenvalue weighted by Gasteiger charge is -2.20. The SMILES string of the molecule is N#C[C@H](Cc1ccccc1)N[C@@H](CO)c1ccccc1. The van der Waals surface area contributed by atoms with Gasteiger partial charge in [0.15, 0.2) is 0 Å². The highest BCUT2D eigenvalue weighted by Gasteiger charge is 2.16. The molecule has 0 saturated carbocycles. The van der Waals surface area contributed by atoms with Crippen LogP contribution < -0.4 is 5.32 Å².